The summed E-state index contributed by atoms with van der Waals surface area (Å²) in [5.74, 6) is 0.563. The van der Waals surface area contributed by atoms with Gasteiger partial charge in [0.1, 0.15) is 0 Å². The van der Waals surface area contributed by atoms with Crippen LogP contribution in [0.5, 0.6) is 0 Å². The molecule has 0 saturated carbocycles. The van der Waals surface area contributed by atoms with E-state index in [1.54, 1.807) is 10.6 Å². The molecule has 2 aromatic rings. The first-order valence-electron chi connectivity index (χ1n) is 11.4. The first-order chi connectivity index (χ1) is 14.6. The Morgan fingerprint density at radius 1 is 1.13 bits per heavy atom. The van der Waals surface area contributed by atoms with Crippen LogP contribution in [0.4, 0.5) is 0 Å². The van der Waals surface area contributed by atoms with Crippen molar-refractivity contribution in [1.82, 2.24) is 18.9 Å². The summed E-state index contributed by atoms with van der Waals surface area (Å²) in [6, 6.07) is 7.99. The summed E-state index contributed by atoms with van der Waals surface area (Å²) in [7, 11) is 4.06. The molecule has 1 aliphatic heterocycles. The van der Waals surface area contributed by atoms with Crippen molar-refractivity contribution in [3.8, 4) is 0 Å². The van der Waals surface area contributed by atoms with Crippen LogP contribution in [0.2, 0.25) is 0 Å². The predicted octanol–water partition coefficient (Wildman–Crippen LogP) is 2.60. The Labute approximate surface area is 186 Å². The summed E-state index contributed by atoms with van der Waals surface area (Å²) in [5, 5.41) is 0. The first-order valence-corrected chi connectivity index (χ1v) is 11.4. The highest BCUT2D eigenvalue weighted by Crippen LogP contribution is 2.24. The number of pyridine rings is 2. The molecule has 31 heavy (non-hydrogen) atoms. The molecule has 0 aliphatic carbocycles. The van der Waals surface area contributed by atoms with Crippen molar-refractivity contribution in [3.63, 3.8) is 0 Å². The number of rotatable bonds is 9. The second-order valence-corrected chi connectivity index (χ2v) is 10.2. The third kappa shape index (κ3) is 5.74. The SMILES string of the molecule is CC(C)n1ccc(CC2CN(CC(C)(C)n3cccc(CCN(C)C)c3=O)C2)cc1=O. The molecular weight excluding hydrogens is 388 g/mol. The normalized spacial score (nSPS) is 15.6. The molecule has 0 unspecified atom stereocenters. The van der Waals surface area contributed by atoms with Gasteiger partial charge >= 0.3 is 0 Å². The average Bonchev–Trinajstić information content (AvgIpc) is 2.64. The van der Waals surface area contributed by atoms with E-state index in [2.05, 4.69) is 29.7 Å². The van der Waals surface area contributed by atoms with Gasteiger partial charge in [0.15, 0.2) is 0 Å². The molecule has 0 amide bonds. The van der Waals surface area contributed by atoms with Crippen LogP contribution in [0, 0.1) is 5.92 Å². The van der Waals surface area contributed by atoms with Gasteiger partial charge in [-0.05, 0) is 78.2 Å². The predicted molar refractivity (Wildman–Crippen MR) is 127 cm³/mol. The zero-order valence-corrected chi connectivity index (χ0v) is 20.0. The lowest BCUT2D eigenvalue weighted by atomic mass is 9.90. The maximum absolute atomic E-state index is 13.0. The summed E-state index contributed by atoms with van der Waals surface area (Å²) in [6.45, 7) is 12.1. The van der Waals surface area contributed by atoms with Crippen LogP contribution in [0.15, 0.2) is 46.2 Å². The van der Waals surface area contributed by atoms with Gasteiger partial charge in [0.2, 0.25) is 0 Å². The topological polar surface area (TPSA) is 50.5 Å². The Morgan fingerprint density at radius 3 is 2.45 bits per heavy atom. The Kier molecular flexibility index (Phi) is 7.22. The summed E-state index contributed by atoms with van der Waals surface area (Å²) in [6.07, 6.45) is 5.54. The second kappa shape index (κ2) is 9.53. The minimum atomic E-state index is -0.270. The molecule has 0 radical (unpaired) electrons. The van der Waals surface area contributed by atoms with Crippen molar-refractivity contribution < 1.29 is 0 Å². The Morgan fingerprint density at radius 2 is 1.84 bits per heavy atom. The van der Waals surface area contributed by atoms with Crippen LogP contribution in [0.25, 0.3) is 0 Å². The van der Waals surface area contributed by atoms with E-state index in [4.69, 9.17) is 0 Å². The van der Waals surface area contributed by atoms with Crippen LogP contribution in [-0.4, -0.2) is 59.2 Å². The molecule has 0 atom stereocenters. The van der Waals surface area contributed by atoms with E-state index in [1.165, 1.54) is 0 Å². The van der Waals surface area contributed by atoms with Gasteiger partial charge in [-0.15, -0.1) is 0 Å². The molecule has 3 heterocycles. The zero-order chi connectivity index (χ0) is 22.8. The van der Waals surface area contributed by atoms with Crippen molar-refractivity contribution in [1.29, 1.82) is 0 Å². The number of likely N-dealkylation sites (tertiary alicyclic amines) is 1. The van der Waals surface area contributed by atoms with Crippen LogP contribution < -0.4 is 11.1 Å². The van der Waals surface area contributed by atoms with Crippen molar-refractivity contribution in [3.05, 3.63) is 68.5 Å². The molecule has 0 spiro atoms. The highest BCUT2D eigenvalue weighted by atomic mass is 16.1. The molecule has 6 heteroatoms. The Hall–Kier alpha value is -2.18. The number of nitrogens with zero attached hydrogens (tertiary/aromatic N) is 4. The van der Waals surface area contributed by atoms with E-state index in [0.717, 1.165) is 50.1 Å². The average molecular weight is 427 g/mol. The number of hydrogen-bond acceptors (Lipinski definition) is 4. The molecule has 6 nitrogen and oxygen atoms in total. The molecule has 0 N–H and O–H groups in total. The highest BCUT2D eigenvalue weighted by Gasteiger charge is 2.33. The van der Waals surface area contributed by atoms with Gasteiger partial charge in [-0.1, -0.05) is 6.07 Å². The maximum Gasteiger partial charge on any atom is 0.254 e. The smallest absolute Gasteiger partial charge is 0.254 e. The standard InChI is InChI=1S/C25H38N4O2/c1-19(2)28-13-9-20(15-23(28)30)14-21-16-27(17-21)18-25(3,4)29-11-7-8-22(24(29)31)10-12-26(5)6/h7-9,11,13,15,19,21H,10,12,14,16-18H2,1-6H3. The van der Waals surface area contributed by atoms with Crippen LogP contribution >= 0.6 is 0 Å². The van der Waals surface area contributed by atoms with Gasteiger partial charge in [0.05, 0.1) is 5.54 Å². The molecule has 0 bridgehead atoms. The summed E-state index contributed by atoms with van der Waals surface area (Å²) in [4.78, 5) is 29.8. The first kappa shape index (κ1) is 23.5. The molecule has 170 valence electrons. The minimum absolute atomic E-state index is 0.0818. The van der Waals surface area contributed by atoms with Gasteiger partial charge < -0.3 is 18.9 Å². The molecule has 1 aliphatic rings. The molecule has 0 aromatic carbocycles. The molecule has 2 aromatic heterocycles. The fourth-order valence-corrected chi connectivity index (χ4v) is 4.53. The van der Waals surface area contributed by atoms with E-state index in [-0.39, 0.29) is 22.7 Å². The third-order valence-electron chi connectivity index (χ3n) is 6.24. The van der Waals surface area contributed by atoms with Gasteiger partial charge in [-0.25, -0.2) is 0 Å². The summed E-state index contributed by atoms with van der Waals surface area (Å²) < 4.78 is 3.67. The monoisotopic (exact) mass is 426 g/mol. The number of aromatic nitrogens is 2. The van der Waals surface area contributed by atoms with E-state index in [9.17, 15) is 9.59 Å². The van der Waals surface area contributed by atoms with Crippen LogP contribution in [0.1, 0.15) is 44.9 Å². The van der Waals surface area contributed by atoms with Crippen molar-refractivity contribution in [2.75, 3.05) is 40.3 Å². The fraction of sp³-hybridized carbons (Fsp3) is 0.600. The Balaban J connectivity index is 1.58. The molecular formula is C25H38N4O2. The third-order valence-corrected chi connectivity index (χ3v) is 6.24. The lowest BCUT2D eigenvalue weighted by Gasteiger charge is -2.44. The maximum atomic E-state index is 13.0. The fourth-order valence-electron chi connectivity index (χ4n) is 4.53. The largest absolute Gasteiger partial charge is 0.313 e. The van der Waals surface area contributed by atoms with Crippen molar-refractivity contribution in [2.45, 2.75) is 52.1 Å². The summed E-state index contributed by atoms with van der Waals surface area (Å²) in [5.41, 5.74) is 1.93. The molecule has 3 rings (SSSR count). The van der Waals surface area contributed by atoms with Crippen molar-refractivity contribution >= 4 is 0 Å². The molecule has 1 fully saturated rings. The van der Waals surface area contributed by atoms with Gasteiger partial charge in [0.25, 0.3) is 11.1 Å². The number of likely N-dealkylation sites (N-methyl/N-ethyl adjacent to an activating group) is 1. The van der Waals surface area contributed by atoms with Crippen LogP contribution in [-0.2, 0) is 18.4 Å². The van der Waals surface area contributed by atoms with Gasteiger partial charge in [-0.3, -0.25) is 9.59 Å². The lowest BCUT2D eigenvalue weighted by molar-refractivity contribution is 0.0605. The minimum Gasteiger partial charge on any atom is -0.313 e. The van der Waals surface area contributed by atoms with Gasteiger partial charge in [0, 0.05) is 56.2 Å². The van der Waals surface area contributed by atoms with Crippen LogP contribution in [0.3, 0.4) is 0 Å². The van der Waals surface area contributed by atoms with Crippen molar-refractivity contribution in [2.24, 2.45) is 5.92 Å². The quantitative estimate of drug-likeness (QED) is 0.619. The summed E-state index contributed by atoms with van der Waals surface area (Å²) >= 11 is 0. The molecule has 1 saturated heterocycles. The van der Waals surface area contributed by atoms with E-state index < -0.39 is 0 Å². The van der Waals surface area contributed by atoms with E-state index in [0.29, 0.717) is 5.92 Å². The zero-order valence-electron chi connectivity index (χ0n) is 20.0. The number of hydrogen-bond donors (Lipinski definition) is 0. The van der Waals surface area contributed by atoms with E-state index >= 15 is 0 Å². The highest BCUT2D eigenvalue weighted by molar-refractivity contribution is 5.14. The lowest BCUT2D eigenvalue weighted by Crippen LogP contribution is -2.54. The second-order valence-electron chi connectivity index (χ2n) is 10.2. The Bertz CT molecular complexity index is 997. The van der Waals surface area contributed by atoms with E-state index in [1.807, 2.05) is 57.0 Å². The van der Waals surface area contributed by atoms with Gasteiger partial charge in [-0.2, -0.15) is 0 Å².